The number of carboxylic acids is 1. The van der Waals surface area contributed by atoms with Crippen molar-refractivity contribution in [3.05, 3.63) is 65.0 Å². The number of aryl methyl sites for hydroxylation is 1. The van der Waals surface area contributed by atoms with Crippen LogP contribution >= 0.6 is 0 Å². The zero-order valence-electron chi connectivity index (χ0n) is 22.4. The van der Waals surface area contributed by atoms with E-state index in [1.807, 2.05) is 13.0 Å². The van der Waals surface area contributed by atoms with Crippen LogP contribution in [0.4, 0.5) is 17.1 Å². The van der Waals surface area contributed by atoms with Gasteiger partial charge in [0.05, 0.1) is 26.4 Å². The molecule has 2 amide bonds. The SMILES string of the molecule is CC(=O)O[C@@H](C(=O)O)[C@H]1OCCN(c2cccc(C(=O)N3CCOCC3)c2)C1=O.[C-]#[N+]c1ccc(N)cc1CC. The number of nitrogens with two attached hydrogens (primary N) is 1. The fraction of sp³-hybridized carbons (Fsp3) is 0.393. The summed E-state index contributed by atoms with van der Waals surface area (Å²) in [5.41, 5.74) is 8.87. The Labute approximate surface area is 232 Å². The Morgan fingerprint density at radius 2 is 1.88 bits per heavy atom. The Hall–Kier alpha value is -4.47. The van der Waals surface area contributed by atoms with E-state index in [0.717, 1.165) is 24.6 Å². The molecular weight excluding hydrogens is 520 g/mol. The number of aliphatic carboxylic acids is 1. The molecule has 2 aliphatic heterocycles. The van der Waals surface area contributed by atoms with Crippen LogP contribution in [0.1, 0.15) is 29.8 Å². The number of ether oxygens (including phenoxy) is 3. The first kappa shape index (κ1) is 30.1. The highest BCUT2D eigenvalue weighted by atomic mass is 16.6. The molecule has 2 aromatic carbocycles. The van der Waals surface area contributed by atoms with Gasteiger partial charge in [0.25, 0.3) is 11.8 Å². The average molecular weight is 553 g/mol. The summed E-state index contributed by atoms with van der Waals surface area (Å²) in [4.78, 5) is 54.6. The zero-order valence-corrected chi connectivity index (χ0v) is 22.4. The highest BCUT2D eigenvalue weighted by Gasteiger charge is 2.42. The second-order valence-corrected chi connectivity index (χ2v) is 8.96. The summed E-state index contributed by atoms with van der Waals surface area (Å²) < 4.78 is 15.3. The van der Waals surface area contributed by atoms with E-state index in [9.17, 15) is 24.3 Å². The predicted molar refractivity (Wildman–Crippen MR) is 145 cm³/mol. The molecule has 2 aliphatic rings. The first-order valence-electron chi connectivity index (χ1n) is 12.7. The number of esters is 1. The van der Waals surface area contributed by atoms with E-state index < -0.39 is 30.1 Å². The molecule has 2 saturated heterocycles. The van der Waals surface area contributed by atoms with Crippen molar-refractivity contribution in [2.24, 2.45) is 0 Å². The summed E-state index contributed by atoms with van der Waals surface area (Å²) in [6.07, 6.45) is -2.35. The first-order valence-corrected chi connectivity index (χ1v) is 12.7. The molecule has 0 unspecified atom stereocenters. The molecule has 0 aromatic heterocycles. The van der Waals surface area contributed by atoms with Gasteiger partial charge in [-0.25, -0.2) is 9.64 Å². The van der Waals surface area contributed by atoms with E-state index in [1.165, 1.54) is 4.90 Å². The third-order valence-corrected chi connectivity index (χ3v) is 6.24. The van der Waals surface area contributed by atoms with Crippen LogP contribution < -0.4 is 10.6 Å². The second-order valence-electron chi connectivity index (χ2n) is 8.96. The van der Waals surface area contributed by atoms with Gasteiger partial charge in [-0.3, -0.25) is 14.4 Å². The van der Waals surface area contributed by atoms with Gasteiger partial charge in [-0.2, -0.15) is 0 Å². The number of anilines is 2. The van der Waals surface area contributed by atoms with Crippen molar-refractivity contribution in [2.75, 3.05) is 50.1 Å². The van der Waals surface area contributed by atoms with E-state index in [-0.39, 0.29) is 19.1 Å². The monoisotopic (exact) mass is 552 g/mol. The molecule has 2 aromatic rings. The molecule has 12 nitrogen and oxygen atoms in total. The van der Waals surface area contributed by atoms with Crippen LogP contribution in [0.15, 0.2) is 42.5 Å². The second kappa shape index (κ2) is 14.1. The van der Waals surface area contributed by atoms with Crippen LogP contribution in [0, 0.1) is 6.57 Å². The van der Waals surface area contributed by atoms with Crippen LogP contribution in [0.3, 0.4) is 0 Å². The van der Waals surface area contributed by atoms with Gasteiger partial charge >= 0.3 is 11.9 Å². The maximum atomic E-state index is 12.9. The molecule has 0 bridgehead atoms. The number of benzene rings is 2. The van der Waals surface area contributed by atoms with E-state index >= 15 is 0 Å². The number of hydrogen-bond donors (Lipinski definition) is 2. The predicted octanol–water partition coefficient (Wildman–Crippen LogP) is 2.29. The molecular formula is C28H32N4O8. The van der Waals surface area contributed by atoms with E-state index in [0.29, 0.717) is 43.2 Å². The minimum Gasteiger partial charge on any atom is -0.478 e. The molecule has 2 fully saturated rings. The standard InChI is InChI=1S/C19H22N2O8.C9H10N2/c1-12(22)29-16(19(25)26)15-18(24)21(7-10-28-15)14-4-2-3-13(11-14)17(23)20-5-8-27-9-6-20;1-3-7-6-8(10)4-5-9(7)11-2/h2-4,11,15-16H,5-10H2,1H3,(H,25,26);4-6H,3,10H2,1H3/t15-,16-;/m1./s1. The number of hydrogen-bond acceptors (Lipinski definition) is 8. The Kier molecular flexibility index (Phi) is 10.6. The Morgan fingerprint density at radius 3 is 2.50 bits per heavy atom. The molecule has 212 valence electrons. The van der Waals surface area contributed by atoms with Crippen LogP contribution in [0.5, 0.6) is 0 Å². The number of rotatable bonds is 6. The molecule has 3 N–H and O–H groups in total. The fourth-order valence-corrected chi connectivity index (χ4v) is 4.25. The fourth-order valence-electron chi connectivity index (χ4n) is 4.25. The lowest BCUT2D eigenvalue weighted by molar-refractivity contribution is -0.177. The van der Waals surface area contributed by atoms with E-state index in [2.05, 4.69) is 4.85 Å². The van der Waals surface area contributed by atoms with Gasteiger partial charge in [0.1, 0.15) is 0 Å². The van der Waals surface area contributed by atoms with Crippen molar-refractivity contribution in [1.29, 1.82) is 0 Å². The third kappa shape index (κ3) is 7.56. The maximum Gasteiger partial charge on any atom is 0.348 e. The molecule has 4 rings (SSSR count). The number of morpholine rings is 2. The topological polar surface area (TPSA) is 153 Å². The molecule has 0 spiro atoms. The van der Waals surface area contributed by atoms with Crippen LogP contribution in [0.25, 0.3) is 4.85 Å². The quantitative estimate of drug-likeness (QED) is 0.312. The van der Waals surface area contributed by atoms with Gasteiger partial charge in [-0.1, -0.05) is 19.1 Å². The van der Waals surface area contributed by atoms with E-state index in [4.69, 9.17) is 26.5 Å². The number of amides is 2. The number of carbonyl (C=O) groups is 4. The Bertz CT molecular complexity index is 1290. The van der Waals surface area contributed by atoms with Crippen molar-refractivity contribution in [2.45, 2.75) is 32.5 Å². The molecule has 12 heteroatoms. The zero-order chi connectivity index (χ0) is 29.2. The van der Waals surface area contributed by atoms with Gasteiger partial charge in [0.2, 0.25) is 6.10 Å². The molecule has 0 radical (unpaired) electrons. The minimum atomic E-state index is -1.75. The van der Waals surface area contributed by atoms with Gasteiger partial charge in [-0.15, -0.1) is 0 Å². The third-order valence-electron chi connectivity index (χ3n) is 6.24. The lowest BCUT2D eigenvalue weighted by Gasteiger charge is -2.34. The number of carbonyl (C=O) groups excluding carboxylic acids is 3. The summed E-state index contributed by atoms with van der Waals surface area (Å²) >= 11 is 0. The average Bonchev–Trinajstić information content (AvgIpc) is 2.96. The van der Waals surface area contributed by atoms with Crippen molar-refractivity contribution >= 4 is 40.8 Å². The van der Waals surface area contributed by atoms with Crippen molar-refractivity contribution in [1.82, 2.24) is 4.90 Å². The summed E-state index contributed by atoms with van der Waals surface area (Å²) in [6, 6.07) is 11.9. The number of nitrogens with zero attached hydrogens (tertiary/aromatic N) is 3. The highest BCUT2D eigenvalue weighted by Crippen LogP contribution is 2.24. The summed E-state index contributed by atoms with van der Waals surface area (Å²) in [5.74, 6) is -3.13. The van der Waals surface area contributed by atoms with E-state index in [1.54, 1.807) is 41.3 Å². The summed E-state index contributed by atoms with van der Waals surface area (Å²) in [6.45, 7) is 12.1. The smallest absolute Gasteiger partial charge is 0.348 e. The molecule has 0 aliphatic carbocycles. The number of carboxylic acid groups (broad SMARTS) is 1. The van der Waals surface area contributed by atoms with Gasteiger partial charge in [0, 0.05) is 43.5 Å². The largest absolute Gasteiger partial charge is 0.478 e. The molecule has 0 saturated carbocycles. The minimum absolute atomic E-state index is 0.0586. The van der Waals surface area contributed by atoms with Crippen molar-refractivity contribution in [3.63, 3.8) is 0 Å². The normalized spacial score (nSPS) is 17.6. The van der Waals surface area contributed by atoms with Gasteiger partial charge in [0.15, 0.2) is 11.8 Å². The number of nitrogen functional groups attached to an aromatic ring is 1. The summed E-state index contributed by atoms with van der Waals surface area (Å²) in [7, 11) is 0. The van der Waals surface area contributed by atoms with Gasteiger partial charge < -0.3 is 34.9 Å². The Balaban J connectivity index is 0.000000336. The molecule has 2 atom stereocenters. The van der Waals surface area contributed by atoms with Crippen molar-refractivity contribution in [3.8, 4) is 0 Å². The molecule has 40 heavy (non-hydrogen) atoms. The lowest BCUT2D eigenvalue weighted by atomic mass is 10.1. The van der Waals surface area contributed by atoms with Crippen LogP contribution in [-0.2, 0) is 35.0 Å². The van der Waals surface area contributed by atoms with Crippen LogP contribution in [0.2, 0.25) is 0 Å². The maximum absolute atomic E-state index is 12.9. The molecule has 2 heterocycles. The lowest BCUT2D eigenvalue weighted by Crippen LogP contribution is -2.55. The first-order chi connectivity index (χ1) is 19.2. The summed E-state index contributed by atoms with van der Waals surface area (Å²) in [5, 5.41) is 9.32. The highest BCUT2D eigenvalue weighted by molar-refractivity contribution is 6.02. The van der Waals surface area contributed by atoms with Crippen LogP contribution in [-0.4, -0.2) is 85.4 Å². The van der Waals surface area contributed by atoms with Crippen molar-refractivity contribution < 1.29 is 38.5 Å². The Morgan fingerprint density at radius 1 is 1.15 bits per heavy atom. The van der Waals surface area contributed by atoms with Gasteiger partial charge in [-0.05, 0) is 42.3 Å².